The van der Waals surface area contributed by atoms with Crippen LogP contribution in [0.3, 0.4) is 0 Å². The summed E-state index contributed by atoms with van der Waals surface area (Å²) in [7, 11) is 6.89. The van der Waals surface area contributed by atoms with E-state index in [1.165, 1.54) is 0 Å². The van der Waals surface area contributed by atoms with Crippen LogP contribution in [0.2, 0.25) is 0 Å². The molecule has 1 heterocycles. The Kier molecular flexibility index (Phi) is 9.93. The fourth-order valence-corrected chi connectivity index (χ4v) is 8.08. The number of ketones is 2. The van der Waals surface area contributed by atoms with Crippen LogP contribution in [0.5, 0.6) is 17.4 Å². The standard InChI is InChI=1S/C41H44N2O9/c1-22(2)51-38-27-18-25-17-26-32(37(46)33-39(34(26)43(3)4)52-42-40(33)50-21-24-15-11-8-12-16-24)36(45)30(25)35(44)31(27)29(19-28(38)41(47-5)48-6)49-20-23-13-9-7-10-14-23/h7-16,19,22,25-26,32,34,41,45H,17-18,20-21H2,1-6H3/t25-,26-,32?,34+/m1/s1. The third kappa shape index (κ3) is 6.27. The Bertz CT molecular complexity index is 1980. The van der Waals surface area contributed by atoms with Gasteiger partial charge in [-0.3, -0.25) is 14.5 Å². The molecule has 0 radical (unpaired) electrons. The molecule has 52 heavy (non-hydrogen) atoms. The van der Waals surface area contributed by atoms with Crippen LogP contribution in [0, 0.1) is 17.8 Å². The molecule has 0 amide bonds. The van der Waals surface area contributed by atoms with Crippen molar-refractivity contribution in [3.8, 4) is 17.4 Å². The number of aliphatic hydroxyl groups excluding tert-OH is 1. The number of aromatic nitrogens is 1. The lowest BCUT2D eigenvalue weighted by Gasteiger charge is -2.45. The Labute approximate surface area is 303 Å². The maximum atomic E-state index is 14.9. The Morgan fingerprint density at radius 3 is 2.15 bits per heavy atom. The molecule has 11 heteroatoms. The van der Waals surface area contributed by atoms with Gasteiger partial charge >= 0.3 is 0 Å². The van der Waals surface area contributed by atoms with Gasteiger partial charge < -0.3 is 33.3 Å². The SMILES string of the molecule is COC(OC)c1cc(OCc2ccccc2)c2c(c1OC(C)C)C[C@H]1C[C@@H]3C(C(=O)c4c(OCc5ccccc5)noc4[C@H]3N(C)C)C(O)=C1C2=O. The van der Waals surface area contributed by atoms with E-state index in [-0.39, 0.29) is 47.9 Å². The quantitative estimate of drug-likeness (QED) is 0.150. The molecule has 3 aliphatic rings. The first kappa shape index (κ1) is 35.4. The second-order valence-electron chi connectivity index (χ2n) is 14.1. The van der Waals surface area contributed by atoms with Crippen molar-refractivity contribution in [3.05, 3.63) is 117 Å². The first-order valence-electron chi connectivity index (χ1n) is 17.6. The highest BCUT2D eigenvalue weighted by Crippen LogP contribution is 2.56. The number of carbonyl (C=O) groups excluding carboxylic acids is 2. The summed E-state index contributed by atoms with van der Waals surface area (Å²) in [4.78, 5) is 31.3. The summed E-state index contributed by atoms with van der Waals surface area (Å²) in [6, 6.07) is 20.5. The van der Waals surface area contributed by atoms with Crippen LogP contribution >= 0.6 is 0 Å². The van der Waals surface area contributed by atoms with Crippen LogP contribution in [-0.2, 0) is 29.1 Å². The van der Waals surface area contributed by atoms with E-state index >= 15 is 0 Å². The minimum atomic E-state index is -0.999. The first-order valence-corrected chi connectivity index (χ1v) is 17.6. The zero-order chi connectivity index (χ0) is 36.7. The Morgan fingerprint density at radius 2 is 1.56 bits per heavy atom. The Hall–Kier alpha value is -4.97. The van der Waals surface area contributed by atoms with E-state index in [4.69, 9.17) is 28.2 Å². The second kappa shape index (κ2) is 14.6. The van der Waals surface area contributed by atoms with Gasteiger partial charge in [0.1, 0.15) is 36.0 Å². The third-order valence-corrected chi connectivity index (χ3v) is 10.2. The summed E-state index contributed by atoms with van der Waals surface area (Å²) in [5.41, 5.74) is 3.76. The Morgan fingerprint density at radius 1 is 0.923 bits per heavy atom. The number of allylic oxidation sites excluding steroid dienone is 2. The number of rotatable bonds is 12. The van der Waals surface area contributed by atoms with Crippen LogP contribution < -0.4 is 14.2 Å². The van der Waals surface area contributed by atoms with Gasteiger partial charge in [0, 0.05) is 25.4 Å². The van der Waals surface area contributed by atoms with Gasteiger partial charge in [-0.1, -0.05) is 60.7 Å². The van der Waals surface area contributed by atoms with E-state index in [9.17, 15) is 14.7 Å². The molecule has 0 bridgehead atoms. The van der Waals surface area contributed by atoms with Gasteiger partial charge in [0.2, 0.25) is 0 Å². The van der Waals surface area contributed by atoms with Crippen LogP contribution in [0.15, 0.2) is 82.6 Å². The maximum Gasteiger partial charge on any atom is 0.265 e. The molecule has 7 rings (SSSR count). The summed E-state index contributed by atoms with van der Waals surface area (Å²) in [5, 5.41) is 16.4. The molecular weight excluding hydrogens is 664 g/mol. The van der Waals surface area contributed by atoms with E-state index in [2.05, 4.69) is 5.16 Å². The fourth-order valence-electron chi connectivity index (χ4n) is 8.08. The van der Waals surface area contributed by atoms with Crippen molar-refractivity contribution in [3.63, 3.8) is 0 Å². The highest BCUT2D eigenvalue weighted by atomic mass is 16.7. The molecule has 0 saturated carbocycles. The zero-order valence-electron chi connectivity index (χ0n) is 30.3. The number of carbonyl (C=O) groups is 2. The summed E-state index contributed by atoms with van der Waals surface area (Å²) < 4.78 is 36.2. The van der Waals surface area contributed by atoms with Crippen molar-refractivity contribution in [2.75, 3.05) is 28.3 Å². The van der Waals surface area contributed by atoms with E-state index in [1.54, 1.807) is 20.3 Å². The van der Waals surface area contributed by atoms with Crippen molar-refractivity contribution >= 4 is 11.6 Å². The molecule has 272 valence electrons. The summed E-state index contributed by atoms with van der Waals surface area (Å²) in [6.45, 7) is 4.21. The molecule has 1 aromatic heterocycles. The van der Waals surface area contributed by atoms with Gasteiger partial charge in [-0.05, 0) is 75.0 Å². The Balaban J connectivity index is 1.34. The molecule has 1 N–H and O–H groups in total. The minimum absolute atomic E-state index is 0.0693. The van der Waals surface area contributed by atoms with Gasteiger partial charge in [0.15, 0.2) is 23.6 Å². The highest BCUT2D eigenvalue weighted by molar-refractivity contribution is 6.15. The van der Waals surface area contributed by atoms with Crippen LogP contribution in [0.25, 0.3) is 0 Å². The second-order valence-corrected chi connectivity index (χ2v) is 14.1. The number of hydrogen-bond donors (Lipinski definition) is 1. The number of fused-ring (bicyclic) bond motifs is 4. The molecule has 0 aliphatic heterocycles. The molecule has 4 aromatic rings. The molecular formula is C41H44N2O9. The molecule has 1 unspecified atom stereocenters. The lowest BCUT2D eigenvalue weighted by molar-refractivity contribution is -0.107. The number of aliphatic hydroxyl groups is 1. The summed E-state index contributed by atoms with van der Waals surface area (Å²) >= 11 is 0. The molecule has 11 nitrogen and oxygen atoms in total. The molecule has 3 aliphatic carbocycles. The average Bonchev–Trinajstić information content (AvgIpc) is 3.55. The number of ether oxygens (including phenoxy) is 5. The largest absolute Gasteiger partial charge is 0.511 e. The smallest absolute Gasteiger partial charge is 0.265 e. The molecule has 0 spiro atoms. The van der Waals surface area contributed by atoms with Crippen LogP contribution in [0.1, 0.15) is 81.3 Å². The van der Waals surface area contributed by atoms with Gasteiger partial charge in [-0.15, -0.1) is 0 Å². The van der Waals surface area contributed by atoms with Crippen LogP contribution in [0.4, 0.5) is 0 Å². The molecule has 4 atom stereocenters. The van der Waals surface area contributed by atoms with Crippen molar-refractivity contribution in [2.24, 2.45) is 17.8 Å². The molecule has 0 saturated heterocycles. The highest BCUT2D eigenvalue weighted by Gasteiger charge is 2.55. The van der Waals surface area contributed by atoms with E-state index in [1.807, 2.05) is 93.5 Å². The predicted molar refractivity (Wildman–Crippen MR) is 191 cm³/mol. The molecule has 0 fully saturated rings. The van der Waals surface area contributed by atoms with Crippen molar-refractivity contribution in [1.82, 2.24) is 10.1 Å². The predicted octanol–water partition coefficient (Wildman–Crippen LogP) is 7.21. The monoisotopic (exact) mass is 708 g/mol. The van der Waals surface area contributed by atoms with Gasteiger partial charge in [-0.25, -0.2) is 0 Å². The summed E-state index contributed by atoms with van der Waals surface area (Å²) in [5.74, 6) is -1.59. The normalized spacial score (nSPS) is 20.9. The minimum Gasteiger partial charge on any atom is -0.511 e. The van der Waals surface area contributed by atoms with Crippen molar-refractivity contribution in [1.29, 1.82) is 0 Å². The number of benzene rings is 3. The lowest BCUT2D eigenvalue weighted by Crippen LogP contribution is -2.46. The van der Waals surface area contributed by atoms with E-state index in [0.717, 1.165) is 11.1 Å². The number of methoxy groups -OCH3 is 2. The summed E-state index contributed by atoms with van der Waals surface area (Å²) in [6.07, 6.45) is -0.258. The number of Topliss-reactive ketones (excluding diaryl/α,β-unsaturated/α-hetero) is 2. The van der Waals surface area contributed by atoms with Crippen molar-refractivity contribution < 1.29 is 42.9 Å². The first-order chi connectivity index (χ1) is 25.1. The van der Waals surface area contributed by atoms with Gasteiger partial charge in [0.05, 0.1) is 29.2 Å². The average molecular weight is 709 g/mol. The van der Waals surface area contributed by atoms with Gasteiger partial charge in [-0.2, -0.15) is 0 Å². The zero-order valence-corrected chi connectivity index (χ0v) is 30.3. The lowest BCUT2D eigenvalue weighted by atomic mass is 9.61. The number of hydrogen-bond acceptors (Lipinski definition) is 11. The molecule has 3 aromatic carbocycles. The fraction of sp³-hybridized carbons (Fsp3) is 0.390. The number of nitrogens with zero attached hydrogens (tertiary/aromatic N) is 2. The van der Waals surface area contributed by atoms with E-state index < -0.39 is 35.9 Å². The van der Waals surface area contributed by atoms with Crippen molar-refractivity contribution in [2.45, 2.75) is 58.3 Å². The van der Waals surface area contributed by atoms with Crippen LogP contribution in [-0.4, -0.2) is 61.1 Å². The van der Waals surface area contributed by atoms with E-state index in [0.29, 0.717) is 46.8 Å². The maximum absolute atomic E-state index is 14.9. The third-order valence-electron chi connectivity index (χ3n) is 10.2. The topological polar surface area (TPSA) is 130 Å². The van der Waals surface area contributed by atoms with Gasteiger partial charge in [0.25, 0.3) is 5.88 Å².